The average molecular weight is 267 g/mol. The Labute approximate surface area is 115 Å². The Bertz CT molecular complexity index is 424. The lowest BCUT2D eigenvalue weighted by Gasteiger charge is -2.26. The van der Waals surface area contributed by atoms with Gasteiger partial charge in [-0.3, -0.25) is 4.68 Å². The van der Waals surface area contributed by atoms with Gasteiger partial charge < -0.3 is 10.1 Å². The van der Waals surface area contributed by atoms with Crippen LogP contribution in [0.2, 0.25) is 0 Å². The number of hydrogen-bond acceptors (Lipinski definition) is 4. The Morgan fingerprint density at radius 3 is 2.74 bits per heavy atom. The summed E-state index contributed by atoms with van der Waals surface area (Å²) in [6, 6.07) is 0. The molecule has 0 aliphatic rings. The minimum Gasteiger partial charge on any atom is -0.462 e. The van der Waals surface area contributed by atoms with Gasteiger partial charge in [-0.2, -0.15) is 5.10 Å². The first-order chi connectivity index (χ1) is 8.91. The third-order valence-corrected chi connectivity index (χ3v) is 3.17. The Morgan fingerprint density at radius 2 is 2.16 bits per heavy atom. The molecule has 0 atom stereocenters. The number of aromatic nitrogens is 2. The van der Waals surface area contributed by atoms with Gasteiger partial charge in [-0.15, -0.1) is 0 Å². The quantitative estimate of drug-likeness (QED) is 0.770. The molecule has 0 saturated carbocycles. The van der Waals surface area contributed by atoms with Crippen LogP contribution in [0, 0.1) is 0 Å². The molecule has 1 heterocycles. The van der Waals surface area contributed by atoms with Crippen molar-refractivity contribution in [2.24, 2.45) is 7.05 Å². The highest BCUT2D eigenvalue weighted by Crippen LogP contribution is 2.14. The second kappa shape index (κ2) is 6.70. The van der Waals surface area contributed by atoms with Crippen LogP contribution in [0.4, 0.5) is 0 Å². The van der Waals surface area contributed by atoms with E-state index in [4.69, 9.17) is 4.74 Å². The molecular formula is C14H25N3O2. The van der Waals surface area contributed by atoms with E-state index in [0.717, 1.165) is 18.5 Å². The summed E-state index contributed by atoms with van der Waals surface area (Å²) < 4.78 is 6.76. The van der Waals surface area contributed by atoms with Crippen molar-refractivity contribution in [1.82, 2.24) is 15.1 Å². The lowest BCUT2D eigenvalue weighted by atomic mass is 9.99. The Hall–Kier alpha value is -1.36. The lowest BCUT2D eigenvalue weighted by Crippen LogP contribution is -2.39. The third kappa shape index (κ3) is 4.35. The number of nitrogens with zero attached hydrogens (tertiary/aromatic N) is 2. The monoisotopic (exact) mass is 267 g/mol. The first-order valence-corrected chi connectivity index (χ1v) is 6.84. The van der Waals surface area contributed by atoms with Crippen molar-refractivity contribution in [3.05, 3.63) is 17.5 Å². The molecule has 1 rings (SSSR count). The number of aryl methyl sites for hydroxylation is 1. The van der Waals surface area contributed by atoms with Gasteiger partial charge in [0, 0.05) is 19.1 Å². The topological polar surface area (TPSA) is 56.1 Å². The van der Waals surface area contributed by atoms with Crippen molar-refractivity contribution in [2.45, 2.75) is 52.6 Å². The molecule has 1 aromatic rings. The molecule has 1 aromatic heterocycles. The van der Waals surface area contributed by atoms with E-state index in [1.54, 1.807) is 17.8 Å². The molecule has 0 aliphatic carbocycles. The molecule has 0 spiro atoms. The van der Waals surface area contributed by atoms with Gasteiger partial charge in [0.05, 0.1) is 18.5 Å². The summed E-state index contributed by atoms with van der Waals surface area (Å²) in [5.74, 6) is -0.305. The fourth-order valence-corrected chi connectivity index (χ4v) is 2.09. The van der Waals surface area contributed by atoms with E-state index in [0.29, 0.717) is 18.7 Å². The van der Waals surface area contributed by atoms with Crippen LogP contribution in [0.25, 0.3) is 0 Å². The van der Waals surface area contributed by atoms with Crippen LogP contribution in [0.1, 0.15) is 56.6 Å². The van der Waals surface area contributed by atoms with Gasteiger partial charge in [0.15, 0.2) is 0 Å². The molecule has 0 aromatic carbocycles. The molecule has 0 amide bonds. The number of carbonyl (C=O) groups excluding carboxylic acids is 1. The number of nitrogens with one attached hydrogen (secondary N) is 1. The van der Waals surface area contributed by atoms with E-state index in [-0.39, 0.29) is 11.5 Å². The van der Waals surface area contributed by atoms with E-state index in [9.17, 15) is 4.79 Å². The molecule has 0 bridgehead atoms. The molecule has 1 N–H and O–H groups in total. The summed E-state index contributed by atoms with van der Waals surface area (Å²) in [5, 5.41) is 7.61. The Balaban J connectivity index is 2.78. The van der Waals surface area contributed by atoms with Crippen molar-refractivity contribution in [2.75, 3.05) is 6.61 Å². The summed E-state index contributed by atoms with van der Waals surface area (Å²) in [6.45, 7) is 9.28. The van der Waals surface area contributed by atoms with Crippen LogP contribution in [-0.4, -0.2) is 27.9 Å². The lowest BCUT2D eigenvalue weighted by molar-refractivity contribution is 0.0524. The molecule has 0 aliphatic heterocycles. The first-order valence-electron chi connectivity index (χ1n) is 6.84. The maximum absolute atomic E-state index is 11.8. The van der Waals surface area contributed by atoms with E-state index < -0.39 is 0 Å². The van der Waals surface area contributed by atoms with Gasteiger partial charge in [0.2, 0.25) is 0 Å². The second-order valence-corrected chi connectivity index (χ2v) is 5.34. The zero-order chi connectivity index (χ0) is 14.5. The SMILES string of the molecule is CCCC(C)(C)NCc1c(C(=O)OCC)cnn1C. The Kier molecular flexibility index (Phi) is 5.54. The van der Waals surface area contributed by atoms with Crippen molar-refractivity contribution >= 4 is 5.97 Å². The second-order valence-electron chi connectivity index (χ2n) is 5.34. The van der Waals surface area contributed by atoms with E-state index >= 15 is 0 Å². The van der Waals surface area contributed by atoms with Gasteiger partial charge in [-0.05, 0) is 27.2 Å². The fraction of sp³-hybridized carbons (Fsp3) is 0.714. The number of rotatable bonds is 7. The van der Waals surface area contributed by atoms with Gasteiger partial charge in [0.25, 0.3) is 0 Å². The number of hydrogen-bond donors (Lipinski definition) is 1. The molecule has 5 nitrogen and oxygen atoms in total. The fourth-order valence-electron chi connectivity index (χ4n) is 2.09. The van der Waals surface area contributed by atoms with Crippen LogP contribution in [-0.2, 0) is 18.3 Å². The average Bonchev–Trinajstić information content (AvgIpc) is 2.68. The van der Waals surface area contributed by atoms with E-state index in [2.05, 4.69) is 31.2 Å². The zero-order valence-electron chi connectivity index (χ0n) is 12.6. The predicted octanol–water partition coefficient (Wildman–Crippen LogP) is 2.27. The summed E-state index contributed by atoms with van der Waals surface area (Å²) in [7, 11) is 1.84. The molecule has 0 unspecified atom stereocenters. The van der Waals surface area contributed by atoms with Crippen LogP contribution in [0.15, 0.2) is 6.20 Å². The smallest absolute Gasteiger partial charge is 0.341 e. The largest absolute Gasteiger partial charge is 0.462 e. The normalized spacial score (nSPS) is 11.6. The van der Waals surface area contributed by atoms with Crippen molar-refractivity contribution in [1.29, 1.82) is 0 Å². The van der Waals surface area contributed by atoms with Crippen molar-refractivity contribution in [3.8, 4) is 0 Å². The van der Waals surface area contributed by atoms with E-state index in [1.807, 2.05) is 7.05 Å². The van der Waals surface area contributed by atoms with Crippen LogP contribution < -0.4 is 5.32 Å². The van der Waals surface area contributed by atoms with Crippen molar-refractivity contribution in [3.63, 3.8) is 0 Å². The van der Waals surface area contributed by atoms with Crippen LogP contribution in [0.5, 0.6) is 0 Å². The van der Waals surface area contributed by atoms with Crippen molar-refractivity contribution < 1.29 is 9.53 Å². The summed E-state index contributed by atoms with van der Waals surface area (Å²) in [6.07, 6.45) is 3.78. The highest BCUT2D eigenvalue weighted by Gasteiger charge is 2.20. The predicted molar refractivity (Wildman–Crippen MR) is 75.0 cm³/mol. The van der Waals surface area contributed by atoms with Gasteiger partial charge >= 0.3 is 5.97 Å². The highest BCUT2D eigenvalue weighted by atomic mass is 16.5. The van der Waals surface area contributed by atoms with Gasteiger partial charge in [0.1, 0.15) is 5.56 Å². The first kappa shape index (κ1) is 15.7. The molecule has 108 valence electrons. The minimum absolute atomic E-state index is 0.0466. The highest BCUT2D eigenvalue weighted by molar-refractivity contribution is 5.90. The molecule has 0 fully saturated rings. The van der Waals surface area contributed by atoms with Gasteiger partial charge in [-0.25, -0.2) is 4.79 Å². The van der Waals surface area contributed by atoms with Crippen LogP contribution >= 0.6 is 0 Å². The summed E-state index contributed by atoms with van der Waals surface area (Å²) >= 11 is 0. The zero-order valence-corrected chi connectivity index (χ0v) is 12.6. The van der Waals surface area contributed by atoms with Gasteiger partial charge in [-0.1, -0.05) is 13.3 Å². The van der Waals surface area contributed by atoms with Crippen LogP contribution in [0.3, 0.4) is 0 Å². The maximum Gasteiger partial charge on any atom is 0.341 e. The maximum atomic E-state index is 11.8. The van der Waals surface area contributed by atoms with E-state index in [1.165, 1.54) is 0 Å². The molecule has 5 heteroatoms. The molecule has 0 saturated heterocycles. The molecule has 0 radical (unpaired) electrons. The standard InChI is InChI=1S/C14H25N3O2/c1-6-8-14(3,4)15-10-12-11(9-16-17(12)5)13(18)19-7-2/h9,15H,6-8,10H2,1-5H3. The number of ether oxygens (including phenoxy) is 1. The third-order valence-electron chi connectivity index (χ3n) is 3.17. The molecule has 19 heavy (non-hydrogen) atoms. The minimum atomic E-state index is -0.305. The molecular weight excluding hydrogens is 242 g/mol. The summed E-state index contributed by atoms with van der Waals surface area (Å²) in [4.78, 5) is 11.8. The Morgan fingerprint density at radius 1 is 1.47 bits per heavy atom. The number of esters is 1. The summed E-state index contributed by atoms with van der Waals surface area (Å²) in [5.41, 5.74) is 1.46. The number of carbonyl (C=O) groups is 1.